The molecular weight excluding hydrogens is 256 g/mol. The van der Waals surface area contributed by atoms with Gasteiger partial charge in [-0.3, -0.25) is 0 Å². The summed E-state index contributed by atoms with van der Waals surface area (Å²) in [6.45, 7) is 2.69. The van der Waals surface area contributed by atoms with Gasteiger partial charge >= 0.3 is 12.0 Å². The Labute approximate surface area is 117 Å². The number of carboxylic acids is 1. The van der Waals surface area contributed by atoms with Crippen LogP contribution in [0.2, 0.25) is 0 Å². The molecule has 2 atom stereocenters. The smallest absolute Gasteiger partial charge is 0.335 e. The van der Waals surface area contributed by atoms with Crippen LogP contribution in [0.15, 0.2) is 18.2 Å². The van der Waals surface area contributed by atoms with Crippen molar-refractivity contribution >= 4 is 17.7 Å². The first-order valence-corrected chi connectivity index (χ1v) is 6.96. The Morgan fingerprint density at radius 1 is 1.35 bits per heavy atom. The monoisotopic (exact) mass is 274 g/mol. The van der Waals surface area contributed by atoms with Gasteiger partial charge in [0.05, 0.1) is 5.56 Å². The fourth-order valence-electron chi connectivity index (χ4n) is 3.25. The van der Waals surface area contributed by atoms with E-state index in [0.717, 1.165) is 24.9 Å². The number of carbonyl (C=O) groups is 2. The van der Waals surface area contributed by atoms with E-state index >= 15 is 0 Å². The number of hydrogen-bond donors (Lipinski definition) is 2. The van der Waals surface area contributed by atoms with Crippen molar-refractivity contribution in [1.82, 2.24) is 4.90 Å². The Kier molecular flexibility index (Phi) is 3.12. The van der Waals surface area contributed by atoms with Gasteiger partial charge in [0.1, 0.15) is 0 Å². The molecule has 1 saturated carbocycles. The van der Waals surface area contributed by atoms with Crippen molar-refractivity contribution in [2.75, 3.05) is 11.9 Å². The molecular formula is C15H18N2O3. The van der Waals surface area contributed by atoms with Crippen LogP contribution in [-0.4, -0.2) is 34.6 Å². The van der Waals surface area contributed by atoms with Crippen molar-refractivity contribution in [1.29, 1.82) is 0 Å². The number of likely N-dealkylation sites (tertiary alicyclic amines) is 1. The SMILES string of the molecule is Cc1ccc(C(=O)O)cc1NC(=O)N1CC2CCC1C2. The second kappa shape index (κ2) is 4.81. The topological polar surface area (TPSA) is 69.6 Å². The number of fused-ring (bicyclic) bond motifs is 2. The van der Waals surface area contributed by atoms with Crippen LogP contribution in [0.1, 0.15) is 35.2 Å². The Morgan fingerprint density at radius 2 is 2.15 bits per heavy atom. The van der Waals surface area contributed by atoms with Gasteiger partial charge in [-0.2, -0.15) is 0 Å². The van der Waals surface area contributed by atoms with Gasteiger partial charge in [0.15, 0.2) is 0 Å². The number of nitrogens with one attached hydrogen (secondary N) is 1. The third-order valence-electron chi connectivity index (χ3n) is 4.40. The summed E-state index contributed by atoms with van der Waals surface area (Å²) in [6.07, 6.45) is 3.43. The number of hydrogen-bond acceptors (Lipinski definition) is 2. The molecule has 2 amide bonds. The van der Waals surface area contributed by atoms with Crippen LogP contribution < -0.4 is 5.32 Å². The van der Waals surface area contributed by atoms with Crippen LogP contribution in [0.3, 0.4) is 0 Å². The molecule has 0 radical (unpaired) electrons. The van der Waals surface area contributed by atoms with Gasteiger partial charge in [0.25, 0.3) is 0 Å². The number of benzene rings is 1. The van der Waals surface area contributed by atoms with Gasteiger partial charge in [0.2, 0.25) is 0 Å². The maximum Gasteiger partial charge on any atom is 0.335 e. The number of carbonyl (C=O) groups excluding carboxylic acids is 1. The van der Waals surface area contributed by atoms with E-state index in [1.165, 1.54) is 12.5 Å². The summed E-state index contributed by atoms with van der Waals surface area (Å²) < 4.78 is 0. The average Bonchev–Trinajstić information content (AvgIpc) is 3.03. The van der Waals surface area contributed by atoms with E-state index in [1.54, 1.807) is 12.1 Å². The molecule has 3 rings (SSSR count). The minimum Gasteiger partial charge on any atom is -0.478 e. The maximum absolute atomic E-state index is 12.3. The molecule has 106 valence electrons. The predicted molar refractivity (Wildman–Crippen MR) is 75.0 cm³/mol. The molecule has 2 fully saturated rings. The van der Waals surface area contributed by atoms with E-state index in [1.807, 2.05) is 11.8 Å². The summed E-state index contributed by atoms with van der Waals surface area (Å²) in [5.74, 6) is -0.335. The molecule has 1 heterocycles. The molecule has 5 nitrogen and oxygen atoms in total. The highest BCUT2D eigenvalue weighted by Crippen LogP contribution is 2.37. The average molecular weight is 274 g/mol. The molecule has 20 heavy (non-hydrogen) atoms. The zero-order chi connectivity index (χ0) is 14.3. The number of carboxylic acid groups (broad SMARTS) is 1. The first-order chi connectivity index (χ1) is 9.54. The Balaban J connectivity index is 1.75. The first-order valence-electron chi connectivity index (χ1n) is 6.96. The molecule has 0 spiro atoms. The summed E-state index contributed by atoms with van der Waals surface area (Å²) in [7, 11) is 0. The molecule has 0 aromatic heterocycles. The highest BCUT2D eigenvalue weighted by molar-refractivity contribution is 5.94. The van der Waals surface area contributed by atoms with Crippen LogP contribution in [0, 0.1) is 12.8 Å². The van der Waals surface area contributed by atoms with Gasteiger partial charge in [0, 0.05) is 18.3 Å². The minimum atomic E-state index is -0.985. The summed E-state index contributed by atoms with van der Waals surface area (Å²) in [6, 6.07) is 5.04. The highest BCUT2D eigenvalue weighted by atomic mass is 16.4. The van der Waals surface area contributed by atoms with Crippen molar-refractivity contribution in [2.24, 2.45) is 5.92 Å². The van der Waals surface area contributed by atoms with Crippen molar-refractivity contribution in [3.05, 3.63) is 29.3 Å². The van der Waals surface area contributed by atoms with Crippen molar-refractivity contribution < 1.29 is 14.7 Å². The lowest BCUT2D eigenvalue weighted by Gasteiger charge is -2.27. The van der Waals surface area contributed by atoms with E-state index in [0.29, 0.717) is 17.6 Å². The van der Waals surface area contributed by atoms with Crippen molar-refractivity contribution in [2.45, 2.75) is 32.2 Å². The van der Waals surface area contributed by atoms with Gasteiger partial charge in [-0.1, -0.05) is 6.07 Å². The predicted octanol–water partition coefficient (Wildman–Crippen LogP) is 2.71. The quantitative estimate of drug-likeness (QED) is 0.871. The number of urea groups is 1. The minimum absolute atomic E-state index is 0.108. The molecule has 1 aromatic rings. The summed E-state index contributed by atoms with van der Waals surface area (Å²) >= 11 is 0. The third kappa shape index (κ3) is 2.24. The summed E-state index contributed by atoms with van der Waals surface area (Å²) in [5.41, 5.74) is 1.64. The van der Waals surface area contributed by atoms with Gasteiger partial charge in [-0.05, 0) is 49.8 Å². The number of aromatic carboxylic acids is 1. The largest absolute Gasteiger partial charge is 0.478 e. The second-order valence-electron chi connectivity index (χ2n) is 5.75. The fraction of sp³-hybridized carbons (Fsp3) is 0.467. The fourth-order valence-corrected chi connectivity index (χ4v) is 3.25. The van der Waals surface area contributed by atoms with Gasteiger partial charge in [-0.15, -0.1) is 0 Å². The summed E-state index contributed by atoms with van der Waals surface area (Å²) in [5, 5.41) is 11.9. The number of amides is 2. The van der Waals surface area contributed by atoms with Gasteiger partial charge in [-0.25, -0.2) is 9.59 Å². The molecule has 2 aliphatic rings. The zero-order valence-electron chi connectivity index (χ0n) is 11.4. The van der Waals surface area contributed by atoms with E-state index in [-0.39, 0.29) is 11.6 Å². The zero-order valence-corrected chi connectivity index (χ0v) is 11.4. The lowest BCUT2D eigenvalue weighted by atomic mass is 10.1. The molecule has 2 bridgehead atoms. The number of nitrogens with zero attached hydrogens (tertiary/aromatic N) is 1. The molecule has 2 N–H and O–H groups in total. The lowest BCUT2D eigenvalue weighted by molar-refractivity contribution is 0.0697. The molecule has 1 aromatic carbocycles. The highest BCUT2D eigenvalue weighted by Gasteiger charge is 2.40. The molecule has 1 aliphatic carbocycles. The first kappa shape index (κ1) is 13.0. The van der Waals surface area contributed by atoms with Crippen LogP contribution in [-0.2, 0) is 0 Å². The standard InChI is InChI=1S/C15H18N2O3/c1-9-2-4-11(14(18)19)7-13(9)16-15(20)17-8-10-3-5-12(17)6-10/h2,4,7,10,12H,3,5-6,8H2,1H3,(H,16,20)(H,18,19). The second-order valence-corrected chi connectivity index (χ2v) is 5.75. The van der Waals surface area contributed by atoms with E-state index in [2.05, 4.69) is 5.32 Å². The molecule has 2 unspecified atom stereocenters. The van der Waals surface area contributed by atoms with Crippen LogP contribution in [0.25, 0.3) is 0 Å². The number of aryl methyl sites for hydroxylation is 1. The van der Waals surface area contributed by atoms with E-state index < -0.39 is 5.97 Å². The molecule has 5 heteroatoms. The third-order valence-corrected chi connectivity index (χ3v) is 4.40. The maximum atomic E-state index is 12.3. The van der Waals surface area contributed by atoms with Crippen molar-refractivity contribution in [3.8, 4) is 0 Å². The van der Waals surface area contributed by atoms with Crippen LogP contribution >= 0.6 is 0 Å². The molecule has 1 saturated heterocycles. The number of piperidine rings is 1. The number of anilines is 1. The summed E-state index contributed by atoms with van der Waals surface area (Å²) in [4.78, 5) is 25.2. The van der Waals surface area contributed by atoms with Crippen molar-refractivity contribution in [3.63, 3.8) is 0 Å². The Hall–Kier alpha value is -2.04. The van der Waals surface area contributed by atoms with Crippen LogP contribution in [0.4, 0.5) is 10.5 Å². The Bertz CT molecular complexity index is 570. The van der Waals surface area contributed by atoms with E-state index in [9.17, 15) is 9.59 Å². The van der Waals surface area contributed by atoms with Gasteiger partial charge < -0.3 is 15.3 Å². The molecule has 1 aliphatic heterocycles. The lowest BCUT2D eigenvalue weighted by Crippen LogP contribution is -2.40. The number of rotatable bonds is 2. The normalized spacial score (nSPS) is 23.9. The van der Waals surface area contributed by atoms with E-state index in [4.69, 9.17) is 5.11 Å². The van der Waals surface area contributed by atoms with Crippen LogP contribution in [0.5, 0.6) is 0 Å². The Morgan fingerprint density at radius 3 is 2.75 bits per heavy atom.